The highest BCUT2D eigenvalue weighted by molar-refractivity contribution is 6.30. The lowest BCUT2D eigenvalue weighted by Gasteiger charge is -2.34. The quantitative estimate of drug-likeness (QED) is 0.364. The summed E-state index contributed by atoms with van der Waals surface area (Å²) < 4.78 is 5.81. The van der Waals surface area contributed by atoms with E-state index in [1.807, 2.05) is 4.90 Å². The molecule has 9 nitrogen and oxygen atoms in total. The van der Waals surface area contributed by atoms with Gasteiger partial charge in [0.2, 0.25) is 17.6 Å². The number of nitrogens with zero attached hydrogens (tertiary/aromatic N) is 2. The maximum atomic E-state index is 13.1. The third kappa shape index (κ3) is 5.56. The lowest BCUT2D eigenvalue weighted by atomic mass is 9.83. The lowest BCUT2D eigenvalue weighted by molar-refractivity contribution is -0.130. The van der Waals surface area contributed by atoms with Crippen LogP contribution in [0.1, 0.15) is 61.9 Å². The molecule has 0 spiro atoms. The van der Waals surface area contributed by atoms with Crippen LogP contribution in [0.4, 0.5) is 17.2 Å². The molecule has 0 atom stereocenters. The van der Waals surface area contributed by atoms with Gasteiger partial charge in [0, 0.05) is 37.3 Å². The van der Waals surface area contributed by atoms with E-state index in [0.717, 1.165) is 45.1 Å². The second-order valence-corrected chi connectivity index (χ2v) is 10.2. The Bertz CT molecular complexity index is 1310. The molecule has 5 rings (SSSR count). The number of anilines is 3. The molecule has 2 fully saturated rings. The van der Waals surface area contributed by atoms with Crippen molar-refractivity contribution in [2.45, 2.75) is 57.4 Å². The zero-order valence-electron chi connectivity index (χ0n) is 20.5. The number of nitrogens with one attached hydrogen (secondary N) is 2. The number of fused-ring (bicyclic) bond motifs is 1. The monoisotopic (exact) mass is 523 g/mol. The highest BCUT2D eigenvalue weighted by Crippen LogP contribution is 2.36. The largest absolute Gasteiger partial charge is 0.449 e. The van der Waals surface area contributed by atoms with Crippen LogP contribution in [0.2, 0.25) is 5.02 Å². The number of aromatic nitrogens is 1. The van der Waals surface area contributed by atoms with Crippen LogP contribution in [0.15, 0.2) is 40.9 Å². The van der Waals surface area contributed by atoms with Crippen molar-refractivity contribution in [3.8, 4) is 0 Å². The molecule has 2 aromatic heterocycles. The highest BCUT2D eigenvalue weighted by atomic mass is 35.5. The van der Waals surface area contributed by atoms with E-state index in [9.17, 15) is 14.4 Å². The van der Waals surface area contributed by atoms with Crippen LogP contribution in [0.25, 0.3) is 11.0 Å². The van der Waals surface area contributed by atoms with Gasteiger partial charge in [0.25, 0.3) is 5.91 Å². The fraction of sp³-hybridized carbons (Fsp3) is 0.407. The van der Waals surface area contributed by atoms with Gasteiger partial charge in [0.05, 0.1) is 10.4 Å². The molecule has 1 saturated heterocycles. The number of carbonyl (C=O) groups excluding carboxylic acids is 3. The van der Waals surface area contributed by atoms with Gasteiger partial charge in [-0.2, -0.15) is 0 Å². The van der Waals surface area contributed by atoms with Crippen molar-refractivity contribution in [3.05, 3.63) is 47.3 Å². The first kappa shape index (κ1) is 25.1. The molecule has 1 aliphatic carbocycles. The van der Waals surface area contributed by atoms with Gasteiger partial charge in [0.15, 0.2) is 0 Å². The predicted octanol–water partition coefficient (Wildman–Crippen LogP) is 5.22. The summed E-state index contributed by atoms with van der Waals surface area (Å²) in [6, 6.07) is 8.64. The molecule has 4 N–H and O–H groups in total. The predicted molar refractivity (Wildman–Crippen MR) is 142 cm³/mol. The minimum absolute atomic E-state index is 0.0474. The summed E-state index contributed by atoms with van der Waals surface area (Å²) in [5.41, 5.74) is 7.23. The number of benzene rings is 1. The Kier molecular flexibility index (Phi) is 7.32. The molecule has 0 bridgehead atoms. The third-order valence-corrected chi connectivity index (χ3v) is 7.56. The summed E-state index contributed by atoms with van der Waals surface area (Å²) in [5, 5.41) is 6.48. The van der Waals surface area contributed by atoms with Crippen LogP contribution in [-0.4, -0.2) is 40.2 Å². The standard InChI is InChI=1S/C27H30ClN5O4/c28-17-9-12-21(30-15-17)31-27(36)26-25(24-19(29)3-1-4-20(24)37-26)32-22(34)13-8-16-6-10-18(11-7-16)33-14-2-5-23(33)35/h1,3-4,9,12,15-16,18H,2,5-8,10-11,13-14,29H2,(H,32,34)(H,30,31,36). The number of rotatable bonds is 7. The van der Waals surface area contributed by atoms with E-state index in [1.165, 1.54) is 6.20 Å². The summed E-state index contributed by atoms with van der Waals surface area (Å²) in [7, 11) is 0. The van der Waals surface area contributed by atoms with Gasteiger partial charge in [-0.3, -0.25) is 14.4 Å². The number of pyridine rings is 1. The highest BCUT2D eigenvalue weighted by Gasteiger charge is 2.31. The van der Waals surface area contributed by atoms with Crippen molar-refractivity contribution >= 4 is 57.5 Å². The Morgan fingerprint density at radius 1 is 1.14 bits per heavy atom. The van der Waals surface area contributed by atoms with Crippen LogP contribution in [0.5, 0.6) is 0 Å². The summed E-state index contributed by atoms with van der Waals surface area (Å²) >= 11 is 5.88. The molecule has 3 heterocycles. The second-order valence-electron chi connectivity index (χ2n) is 9.79. The van der Waals surface area contributed by atoms with E-state index in [4.69, 9.17) is 21.8 Å². The Hall–Kier alpha value is -3.59. The molecule has 10 heteroatoms. The Labute approximate surface area is 219 Å². The second kappa shape index (κ2) is 10.8. The molecular formula is C27H30ClN5O4. The molecule has 2 aliphatic rings. The normalized spacial score (nSPS) is 19.8. The summed E-state index contributed by atoms with van der Waals surface area (Å²) in [6.07, 6.45) is 8.11. The number of halogens is 1. The number of hydrogen-bond acceptors (Lipinski definition) is 6. The Balaban J connectivity index is 1.24. The van der Waals surface area contributed by atoms with E-state index in [-0.39, 0.29) is 23.3 Å². The fourth-order valence-electron chi connectivity index (χ4n) is 5.41. The molecule has 1 saturated carbocycles. The van der Waals surface area contributed by atoms with Crippen molar-refractivity contribution in [2.24, 2.45) is 5.92 Å². The fourth-order valence-corrected chi connectivity index (χ4v) is 5.53. The first-order chi connectivity index (χ1) is 17.9. The van der Waals surface area contributed by atoms with Crippen molar-refractivity contribution in [3.63, 3.8) is 0 Å². The van der Waals surface area contributed by atoms with Crippen molar-refractivity contribution in [2.75, 3.05) is 22.9 Å². The molecule has 0 radical (unpaired) electrons. The van der Waals surface area contributed by atoms with Gasteiger partial charge in [-0.15, -0.1) is 0 Å². The van der Waals surface area contributed by atoms with Gasteiger partial charge >= 0.3 is 0 Å². The molecule has 0 unspecified atom stereocenters. The topological polar surface area (TPSA) is 131 Å². The van der Waals surface area contributed by atoms with Crippen LogP contribution >= 0.6 is 11.6 Å². The molecule has 194 valence electrons. The van der Waals surface area contributed by atoms with E-state index in [0.29, 0.717) is 52.3 Å². The molecule has 37 heavy (non-hydrogen) atoms. The summed E-state index contributed by atoms with van der Waals surface area (Å²) in [6.45, 7) is 0.877. The Morgan fingerprint density at radius 3 is 2.65 bits per heavy atom. The van der Waals surface area contributed by atoms with Crippen molar-refractivity contribution < 1.29 is 18.8 Å². The number of carbonyl (C=O) groups is 3. The molecular weight excluding hydrogens is 494 g/mol. The smallest absolute Gasteiger partial charge is 0.294 e. The zero-order valence-corrected chi connectivity index (χ0v) is 21.2. The van der Waals surface area contributed by atoms with Crippen molar-refractivity contribution in [1.29, 1.82) is 0 Å². The number of likely N-dealkylation sites (tertiary alicyclic amines) is 1. The van der Waals surface area contributed by atoms with E-state index in [1.54, 1.807) is 30.3 Å². The lowest BCUT2D eigenvalue weighted by Crippen LogP contribution is -2.38. The average molecular weight is 524 g/mol. The van der Waals surface area contributed by atoms with Gasteiger partial charge in [-0.25, -0.2) is 4.98 Å². The minimum Gasteiger partial charge on any atom is -0.449 e. The van der Waals surface area contributed by atoms with Gasteiger partial charge in [-0.1, -0.05) is 17.7 Å². The summed E-state index contributed by atoms with van der Waals surface area (Å²) in [4.78, 5) is 44.2. The van der Waals surface area contributed by atoms with Crippen LogP contribution in [-0.2, 0) is 9.59 Å². The number of nitrogens with two attached hydrogens (primary N) is 1. The molecule has 1 aliphatic heterocycles. The van der Waals surface area contributed by atoms with Crippen molar-refractivity contribution in [1.82, 2.24) is 9.88 Å². The first-order valence-corrected chi connectivity index (χ1v) is 13.1. The SMILES string of the molecule is Nc1cccc2oc(C(=O)Nc3ccc(Cl)cn3)c(NC(=O)CCC3CCC(N4CCCC4=O)CC3)c12. The zero-order chi connectivity index (χ0) is 25.9. The molecule has 1 aromatic carbocycles. The van der Waals surface area contributed by atoms with Crippen LogP contribution in [0.3, 0.4) is 0 Å². The van der Waals surface area contributed by atoms with Crippen LogP contribution < -0.4 is 16.4 Å². The average Bonchev–Trinajstić information content (AvgIpc) is 3.49. The van der Waals surface area contributed by atoms with E-state index < -0.39 is 5.91 Å². The maximum Gasteiger partial charge on any atom is 0.294 e. The van der Waals surface area contributed by atoms with Crippen LogP contribution in [0, 0.1) is 5.92 Å². The minimum atomic E-state index is -0.560. The number of amides is 3. The Morgan fingerprint density at radius 2 is 1.95 bits per heavy atom. The number of nitrogen functional groups attached to an aromatic ring is 1. The van der Waals surface area contributed by atoms with Gasteiger partial charge < -0.3 is 25.7 Å². The van der Waals surface area contributed by atoms with E-state index in [2.05, 4.69) is 15.6 Å². The summed E-state index contributed by atoms with van der Waals surface area (Å²) in [5.74, 6) is 0.197. The molecule has 3 amide bonds. The first-order valence-electron chi connectivity index (χ1n) is 12.7. The number of furan rings is 1. The maximum absolute atomic E-state index is 13.1. The van der Waals surface area contributed by atoms with Gasteiger partial charge in [-0.05, 0) is 68.7 Å². The third-order valence-electron chi connectivity index (χ3n) is 7.33. The van der Waals surface area contributed by atoms with Gasteiger partial charge in [0.1, 0.15) is 17.1 Å². The molecule has 3 aromatic rings. The number of hydrogen-bond donors (Lipinski definition) is 3. The van der Waals surface area contributed by atoms with E-state index >= 15 is 0 Å².